The molecule has 0 unspecified atom stereocenters. The van der Waals surface area contributed by atoms with E-state index < -0.39 is 0 Å². The van der Waals surface area contributed by atoms with Crippen molar-refractivity contribution in [3.63, 3.8) is 0 Å². The molecule has 2 aromatic rings. The summed E-state index contributed by atoms with van der Waals surface area (Å²) in [6, 6.07) is 0. The number of aromatic nitrogens is 5. The lowest BCUT2D eigenvalue weighted by Gasteiger charge is -2.23. The van der Waals surface area contributed by atoms with E-state index in [1.165, 1.54) is 0 Å². The van der Waals surface area contributed by atoms with Crippen molar-refractivity contribution in [2.75, 3.05) is 33.0 Å². The minimum absolute atomic E-state index is 0.0284. The van der Waals surface area contributed by atoms with Gasteiger partial charge in [0, 0.05) is 31.5 Å². The van der Waals surface area contributed by atoms with Gasteiger partial charge < -0.3 is 18.8 Å². The Balaban J connectivity index is 1.57. The fraction of sp³-hybridized carbons (Fsp3) is 0.706. The summed E-state index contributed by atoms with van der Waals surface area (Å²) in [5.41, 5.74) is 0. The molecule has 0 N–H and O–H groups in total. The average Bonchev–Trinajstić information content (AvgIpc) is 3.24. The maximum atomic E-state index is 5.80. The SMILES string of the molecule is Cc1nccn1Cc1nc(C2CCOCC2)nn1C[C@@H]1COCCO1. The van der Waals surface area contributed by atoms with Crippen molar-refractivity contribution in [1.82, 2.24) is 24.3 Å². The van der Waals surface area contributed by atoms with Gasteiger partial charge in [0.1, 0.15) is 17.8 Å². The van der Waals surface area contributed by atoms with Gasteiger partial charge in [-0.05, 0) is 19.8 Å². The predicted octanol–water partition coefficient (Wildman–Crippen LogP) is 1.14. The molecular weight excluding hydrogens is 322 g/mol. The second-order valence-electron chi connectivity index (χ2n) is 6.63. The Bertz CT molecular complexity index is 686. The molecule has 1 atom stereocenters. The zero-order valence-corrected chi connectivity index (χ0v) is 14.6. The summed E-state index contributed by atoms with van der Waals surface area (Å²) in [5.74, 6) is 3.21. The number of rotatable bonds is 5. The summed E-state index contributed by atoms with van der Waals surface area (Å²) in [6.07, 6.45) is 5.78. The van der Waals surface area contributed by atoms with Crippen molar-refractivity contribution in [3.05, 3.63) is 29.9 Å². The maximum Gasteiger partial charge on any atom is 0.154 e. The van der Waals surface area contributed by atoms with Gasteiger partial charge in [0.2, 0.25) is 0 Å². The van der Waals surface area contributed by atoms with Crippen LogP contribution < -0.4 is 0 Å². The standard InChI is InChI=1S/C17H25N5O3/c1-13-18-4-5-21(13)11-16-19-17(14-2-6-23-7-3-14)20-22(16)10-15-12-24-8-9-25-15/h4-5,14-15H,2-3,6-12H2,1H3/t15-/m1/s1. The van der Waals surface area contributed by atoms with E-state index in [4.69, 9.17) is 24.3 Å². The number of aryl methyl sites for hydroxylation is 1. The summed E-state index contributed by atoms with van der Waals surface area (Å²) in [6.45, 7) is 6.82. The van der Waals surface area contributed by atoms with Crippen LogP contribution in [0.3, 0.4) is 0 Å². The average molecular weight is 347 g/mol. The Morgan fingerprint density at radius 2 is 2.04 bits per heavy atom. The number of hydrogen-bond donors (Lipinski definition) is 0. The van der Waals surface area contributed by atoms with E-state index in [1.807, 2.05) is 24.0 Å². The van der Waals surface area contributed by atoms with Crippen molar-refractivity contribution in [1.29, 1.82) is 0 Å². The molecule has 0 bridgehead atoms. The van der Waals surface area contributed by atoms with Crippen molar-refractivity contribution >= 4 is 0 Å². The van der Waals surface area contributed by atoms with E-state index in [-0.39, 0.29) is 6.10 Å². The largest absolute Gasteiger partial charge is 0.381 e. The number of imidazole rings is 1. The molecule has 0 spiro atoms. The van der Waals surface area contributed by atoms with E-state index in [0.29, 0.717) is 38.8 Å². The number of ether oxygens (including phenoxy) is 3. The van der Waals surface area contributed by atoms with Gasteiger partial charge >= 0.3 is 0 Å². The third kappa shape index (κ3) is 3.91. The predicted molar refractivity (Wildman–Crippen MR) is 89.4 cm³/mol. The summed E-state index contributed by atoms with van der Waals surface area (Å²) in [5, 5.41) is 4.82. The van der Waals surface area contributed by atoms with Crippen molar-refractivity contribution in [2.45, 2.75) is 44.9 Å². The first kappa shape index (κ1) is 16.7. The van der Waals surface area contributed by atoms with Crippen LogP contribution in [0.2, 0.25) is 0 Å². The molecule has 2 fully saturated rings. The smallest absolute Gasteiger partial charge is 0.154 e. The Morgan fingerprint density at radius 1 is 1.16 bits per heavy atom. The molecule has 8 nitrogen and oxygen atoms in total. The van der Waals surface area contributed by atoms with Gasteiger partial charge in [-0.1, -0.05) is 0 Å². The third-order valence-electron chi connectivity index (χ3n) is 4.85. The monoisotopic (exact) mass is 347 g/mol. The lowest BCUT2D eigenvalue weighted by Crippen LogP contribution is -2.33. The van der Waals surface area contributed by atoms with Crippen LogP contribution in [0.5, 0.6) is 0 Å². The van der Waals surface area contributed by atoms with Gasteiger partial charge in [-0.2, -0.15) is 5.10 Å². The van der Waals surface area contributed by atoms with Crippen LogP contribution in [-0.2, 0) is 27.3 Å². The second kappa shape index (κ2) is 7.63. The highest BCUT2D eigenvalue weighted by Crippen LogP contribution is 2.25. The molecule has 2 aliphatic rings. The van der Waals surface area contributed by atoms with E-state index in [1.54, 1.807) is 0 Å². The van der Waals surface area contributed by atoms with Crippen molar-refractivity contribution in [2.24, 2.45) is 0 Å². The molecule has 8 heteroatoms. The minimum Gasteiger partial charge on any atom is -0.381 e. The van der Waals surface area contributed by atoms with E-state index >= 15 is 0 Å². The molecular formula is C17H25N5O3. The summed E-state index contributed by atoms with van der Waals surface area (Å²) < 4.78 is 20.9. The van der Waals surface area contributed by atoms with Gasteiger partial charge in [0.15, 0.2) is 5.82 Å². The Hall–Kier alpha value is -1.77. The molecule has 2 saturated heterocycles. The van der Waals surface area contributed by atoms with Gasteiger partial charge in [0.25, 0.3) is 0 Å². The van der Waals surface area contributed by atoms with Gasteiger partial charge in [-0.25, -0.2) is 14.6 Å². The van der Waals surface area contributed by atoms with Gasteiger partial charge in [0.05, 0.1) is 32.9 Å². The lowest BCUT2D eigenvalue weighted by molar-refractivity contribution is -0.0949. The van der Waals surface area contributed by atoms with Crippen LogP contribution in [0.15, 0.2) is 12.4 Å². The highest BCUT2D eigenvalue weighted by atomic mass is 16.6. The van der Waals surface area contributed by atoms with Crippen LogP contribution in [0.4, 0.5) is 0 Å². The van der Waals surface area contributed by atoms with Crippen molar-refractivity contribution in [3.8, 4) is 0 Å². The van der Waals surface area contributed by atoms with E-state index in [0.717, 1.165) is 43.5 Å². The molecule has 4 heterocycles. The normalized spacial score (nSPS) is 22.4. The molecule has 0 saturated carbocycles. The quantitative estimate of drug-likeness (QED) is 0.807. The molecule has 0 amide bonds. The molecule has 136 valence electrons. The first-order valence-electron chi connectivity index (χ1n) is 8.98. The second-order valence-corrected chi connectivity index (χ2v) is 6.63. The topological polar surface area (TPSA) is 76.2 Å². The zero-order valence-electron chi connectivity index (χ0n) is 14.6. The molecule has 2 aliphatic heterocycles. The number of hydrogen-bond acceptors (Lipinski definition) is 6. The Kier molecular flexibility index (Phi) is 5.09. The molecule has 25 heavy (non-hydrogen) atoms. The summed E-state index contributed by atoms with van der Waals surface area (Å²) in [7, 11) is 0. The van der Waals surface area contributed by atoms with Crippen LogP contribution in [0.1, 0.15) is 36.2 Å². The van der Waals surface area contributed by atoms with Crippen LogP contribution in [0.25, 0.3) is 0 Å². The van der Waals surface area contributed by atoms with Crippen LogP contribution in [0, 0.1) is 6.92 Å². The number of nitrogens with zero attached hydrogens (tertiary/aromatic N) is 5. The first-order valence-corrected chi connectivity index (χ1v) is 8.98. The third-order valence-corrected chi connectivity index (χ3v) is 4.85. The first-order chi connectivity index (χ1) is 12.3. The molecule has 0 radical (unpaired) electrons. The zero-order chi connectivity index (χ0) is 17.1. The van der Waals surface area contributed by atoms with Crippen LogP contribution in [-0.4, -0.2) is 63.5 Å². The maximum absolute atomic E-state index is 5.80. The Morgan fingerprint density at radius 3 is 2.76 bits per heavy atom. The summed E-state index contributed by atoms with van der Waals surface area (Å²) >= 11 is 0. The molecule has 4 rings (SSSR count). The molecule has 0 aromatic carbocycles. The van der Waals surface area contributed by atoms with E-state index in [2.05, 4.69) is 9.55 Å². The van der Waals surface area contributed by atoms with E-state index in [9.17, 15) is 0 Å². The highest BCUT2D eigenvalue weighted by molar-refractivity contribution is 5.03. The highest BCUT2D eigenvalue weighted by Gasteiger charge is 2.24. The molecule has 0 aliphatic carbocycles. The van der Waals surface area contributed by atoms with Gasteiger partial charge in [-0.15, -0.1) is 0 Å². The Labute approximate surface area is 147 Å². The molecule has 2 aromatic heterocycles. The minimum atomic E-state index is 0.0284. The lowest BCUT2D eigenvalue weighted by atomic mass is 10.00. The van der Waals surface area contributed by atoms with Crippen molar-refractivity contribution < 1.29 is 14.2 Å². The fourth-order valence-corrected chi connectivity index (χ4v) is 3.34. The fourth-order valence-electron chi connectivity index (χ4n) is 3.34. The van der Waals surface area contributed by atoms with Gasteiger partial charge in [-0.3, -0.25) is 0 Å². The summed E-state index contributed by atoms with van der Waals surface area (Å²) in [4.78, 5) is 9.17. The van der Waals surface area contributed by atoms with Crippen LogP contribution >= 0.6 is 0 Å².